The standard InChI is InChI=1S/C12H15FN2O3/c13-10-2-1-3-14(7-10)11-4-9(8-16)5-12(6-11)15(17)18/h4-6,10,16H,1-3,7-8H2. The van der Waals surface area contributed by atoms with E-state index in [1.807, 2.05) is 0 Å². The summed E-state index contributed by atoms with van der Waals surface area (Å²) in [6.45, 7) is 0.681. The minimum atomic E-state index is -0.893. The quantitative estimate of drug-likeness (QED) is 0.662. The van der Waals surface area contributed by atoms with E-state index in [0.717, 1.165) is 6.42 Å². The number of aliphatic hydroxyl groups is 1. The molecule has 1 aliphatic heterocycles. The summed E-state index contributed by atoms with van der Waals surface area (Å²) in [6.07, 6.45) is 0.381. The average Bonchev–Trinajstić information content (AvgIpc) is 2.38. The zero-order valence-electron chi connectivity index (χ0n) is 9.88. The Morgan fingerprint density at radius 1 is 1.50 bits per heavy atom. The van der Waals surface area contributed by atoms with E-state index in [1.165, 1.54) is 12.1 Å². The topological polar surface area (TPSA) is 66.6 Å². The summed E-state index contributed by atoms with van der Waals surface area (Å²) in [5.74, 6) is 0. The third-order valence-corrected chi connectivity index (χ3v) is 3.08. The van der Waals surface area contributed by atoms with E-state index in [4.69, 9.17) is 5.11 Å². The molecule has 2 rings (SSSR count). The van der Waals surface area contributed by atoms with Crippen LogP contribution in [0, 0.1) is 10.1 Å². The molecule has 1 fully saturated rings. The molecule has 1 N–H and O–H groups in total. The van der Waals surface area contributed by atoms with Crippen LogP contribution in [0.2, 0.25) is 0 Å². The molecule has 1 saturated heterocycles. The van der Waals surface area contributed by atoms with Crippen molar-refractivity contribution in [1.82, 2.24) is 0 Å². The summed E-state index contributed by atoms with van der Waals surface area (Å²) in [5, 5.41) is 19.9. The van der Waals surface area contributed by atoms with E-state index in [1.54, 1.807) is 11.0 Å². The highest BCUT2D eigenvalue weighted by Crippen LogP contribution is 2.27. The molecule has 1 atom stereocenters. The van der Waals surface area contributed by atoms with Crippen molar-refractivity contribution >= 4 is 11.4 Å². The molecule has 1 unspecified atom stereocenters. The Kier molecular flexibility index (Phi) is 3.76. The molecule has 1 heterocycles. The van der Waals surface area contributed by atoms with Crippen LogP contribution in [0.25, 0.3) is 0 Å². The van der Waals surface area contributed by atoms with Gasteiger partial charge in [-0.2, -0.15) is 0 Å². The summed E-state index contributed by atoms with van der Waals surface area (Å²) >= 11 is 0. The predicted molar refractivity (Wildman–Crippen MR) is 65.4 cm³/mol. The first-order valence-electron chi connectivity index (χ1n) is 5.88. The summed E-state index contributed by atoms with van der Waals surface area (Å²) in [6, 6.07) is 4.43. The largest absolute Gasteiger partial charge is 0.392 e. The average molecular weight is 254 g/mol. The highest BCUT2D eigenvalue weighted by atomic mass is 19.1. The highest BCUT2D eigenvalue weighted by Gasteiger charge is 2.21. The van der Waals surface area contributed by atoms with Gasteiger partial charge in [0.1, 0.15) is 6.17 Å². The molecule has 0 saturated carbocycles. The third kappa shape index (κ3) is 2.76. The molecule has 98 valence electrons. The minimum absolute atomic E-state index is 0.0717. The molecule has 1 aromatic rings. The van der Waals surface area contributed by atoms with E-state index >= 15 is 0 Å². The third-order valence-electron chi connectivity index (χ3n) is 3.08. The van der Waals surface area contributed by atoms with Crippen molar-refractivity contribution in [1.29, 1.82) is 0 Å². The smallest absolute Gasteiger partial charge is 0.271 e. The zero-order valence-corrected chi connectivity index (χ0v) is 9.88. The van der Waals surface area contributed by atoms with Gasteiger partial charge in [-0.15, -0.1) is 0 Å². The van der Waals surface area contributed by atoms with Crippen molar-refractivity contribution in [3.63, 3.8) is 0 Å². The van der Waals surface area contributed by atoms with Gasteiger partial charge in [0.2, 0.25) is 0 Å². The van der Waals surface area contributed by atoms with Crippen LogP contribution >= 0.6 is 0 Å². The van der Waals surface area contributed by atoms with Gasteiger partial charge in [-0.05, 0) is 24.5 Å². The number of hydrogen-bond acceptors (Lipinski definition) is 4. The molecule has 6 heteroatoms. The maximum absolute atomic E-state index is 13.3. The van der Waals surface area contributed by atoms with Gasteiger partial charge in [-0.1, -0.05) is 0 Å². The number of hydrogen-bond donors (Lipinski definition) is 1. The molecule has 0 aliphatic carbocycles. The Hall–Kier alpha value is -1.69. The van der Waals surface area contributed by atoms with E-state index in [9.17, 15) is 14.5 Å². The Morgan fingerprint density at radius 2 is 2.28 bits per heavy atom. The van der Waals surface area contributed by atoms with Crippen molar-refractivity contribution in [2.45, 2.75) is 25.6 Å². The molecule has 0 radical (unpaired) electrons. The van der Waals surface area contributed by atoms with Gasteiger partial charge in [-0.25, -0.2) is 4.39 Å². The number of halogens is 1. The van der Waals surface area contributed by atoms with Gasteiger partial charge in [0.05, 0.1) is 11.5 Å². The highest BCUT2D eigenvalue weighted by molar-refractivity contribution is 5.56. The number of benzene rings is 1. The maximum Gasteiger partial charge on any atom is 0.271 e. The number of rotatable bonds is 3. The number of alkyl halides is 1. The number of piperidine rings is 1. The van der Waals surface area contributed by atoms with Gasteiger partial charge in [-0.3, -0.25) is 10.1 Å². The lowest BCUT2D eigenvalue weighted by Gasteiger charge is -2.31. The van der Waals surface area contributed by atoms with Crippen LogP contribution < -0.4 is 4.90 Å². The SMILES string of the molecule is O=[N+]([O-])c1cc(CO)cc(N2CCCC(F)C2)c1. The lowest BCUT2D eigenvalue weighted by atomic mass is 10.1. The maximum atomic E-state index is 13.3. The van der Waals surface area contributed by atoms with Crippen molar-refractivity contribution in [2.24, 2.45) is 0 Å². The number of non-ortho nitro benzene ring substituents is 1. The van der Waals surface area contributed by atoms with Crippen molar-refractivity contribution in [3.05, 3.63) is 33.9 Å². The van der Waals surface area contributed by atoms with E-state index < -0.39 is 11.1 Å². The fourth-order valence-corrected chi connectivity index (χ4v) is 2.20. The van der Waals surface area contributed by atoms with E-state index in [0.29, 0.717) is 24.2 Å². The first-order chi connectivity index (χ1) is 8.60. The van der Waals surface area contributed by atoms with Crippen LogP contribution in [0.5, 0.6) is 0 Å². The van der Waals surface area contributed by atoms with E-state index in [-0.39, 0.29) is 18.8 Å². The van der Waals surface area contributed by atoms with Crippen molar-refractivity contribution in [2.75, 3.05) is 18.0 Å². The molecular weight excluding hydrogens is 239 g/mol. The summed E-state index contributed by atoms with van der Waals surface area (Å²) in [4.78, 5) is 12.1. The normalized spacial score (nSPS) is 19.9. The zero-order chi connectivity index (χ0) is 13.1. The minimum Gasteiger partial charge on any atom is -0.392 e. The van der Waals surface area contributed by atoms with Crippen LogP contribution in [0.1, 0.15) is 18.4 Å². The number of nitro groups is 1. The molecule has 0 aromatic heterocycles. The van der Waals surface area contributed by atoms with Crippen LogP contribution in [0.4, 0.5) is 15.8 Å². The molecule has 5 nitrogen and oxygen atoms in total. The van der Waals surface area contributed by atoms with E-state index in [2.05, 4.69) is 0 Å². The molecule has 1 aliphatic rings. The Morgan fingerprint density at radius 3 is 2.89 bits per heavy atom. The summed E-state index contributed by atoms with van der Waals surface area (Å²) < 4.78 is 13.3. The first-order valence-corrected chi connectivity index (χ1v) is 5.88. The summed E-state index contributed by atoms with van der Waals surface area (Å²) in [5.41, 5.74) is 1.01. The lowest BCUT2D eigenvalue weighted by molar-refractivity contribution is -0.384. The number of aliphatic hydroxyl groups excluding tert-OH is 1. The van der Waals surface area contributed by atoms with Gasteiger partial charge >= 0.3 is 0 Å². The molecule has 0 amide bonds. The van der Waals surface area contributed by atoms with Crippen molar-refractivity contribution < 1.29 is 14.4 Å². The first kappa shape index (κ1) is 12.8. The van der Waals surface area contributed by atoms with Crippen LogP contribution in [-0.4, -0.2) is 29.3 Å². The monoisotopic (exact) mass is 254 g/mol. The molecule has 1 aromatic carbocycles. The van der Waals surface area contributed by atoms with Gasteiger partial charge in [0.25, 0.3) is 5.69 Å². The van der Waals surface area contributed by atoms with Gasteiger partial charge < -0.3 is 10.0 Å². The number of anilines is 1. The molecule has 0 bridgehead atoms. The Bertz CT molecular complexity index is 453. The Labute approximate surface area is 104 Å². The molecular formula is C12H15FN2O3. The second kappa shape index (κ2) is 5.30. The fourth-order valence-electron chi connectivity index (χ4n) is 2.20. The Balaban J connectivity index is 2.31. The second-order valence-electron chi connectivity index (χ2n) is 4.46. The second-order valence-corrected chi connectivity index (χ2v) is 4.46. The van der Waals surface area contributed by atoms with Gasteiger partial charge in [0.15, 0.2) is 0 Å². The van der Waals surface area contributed by atoms with Crippen molar-refractivity contribution in [3.8, 4) is 0 Å². The predicted octanol–water partition coefficient (Wildman–Crippen LogP) is 2.03. The van der Waals surface area contributed by atoms with Crippen LogP contribution in [0.15, 0.2) is 18.2 Å². The van der Waals surface area contributed by atoms with Gasteiger partial charge in [0, 0.05) is 30.9 Å². The van der Waals surface area contributed by atoms with Crippen LogP contribution in [-0.2, 0) is 6.61 Å². The van der Waals surface area contributed by atoms with Crippen LogP contribution in [0.3, 0.4) is 0 Å². The lowest BCUT2D eigenvalue weighted by Crippen LogP contribution is -2.36. The summed E-state index contributed by atoms with van der Waals surface area (Å²) in [7, 11) is 0. The number of nitrogens with zero attached hydrogens (tertiary/aromatic N) is 2. The fraction of sp³-hybridized carbons (Fsp3) is 0.500. The molecule has 18 heavy (non-hydrogen) atoms. The number of nitro benzene ring substituents is 1. The molecule has 0 spiro atoms.